The predicted octanol–water partition coefficient (Wildman–Crippen LogP) is 3.97. The molecule has 0 rings (SSSR count). The molecule has 0 saturated carbocycles. The van der Waals surface area contributed by atoms with Gasteiger partial charge in [-0.1, -0.05) is 39.0 Å². The maximum Gasteiger partial charge on any atom is 0.00245 e. The van der Waals surface area contributed by atoms with Crippen LogP contribution in [0.25, 0.3) is 0 Å². The van der Waals surface area contributed by atoms with E-state index in [1.54, 1.807) is 0 Å². The summed E-state index contributed by atoms with van der Waals surface area (Å²) in [4.78, 5) is 0. The average molecular weight is 206 g/mol. The van der Waals surface area contributed by atoms with Crippen molar-refractivity contribution in [3.05, 3.63) is 0 Å². The van der Waals surface area contributed by atoms with Crippen LogP contribution in [0.5, 0.6) is 0 Å². The van der Waals surface area contributed by atoms with Crippen LogP contribution >= 0.6 is 25.3 Å². The second kappa shape index (κ2) is 9.79. The molecule has 0 heterocycles. The van der Waals surface area contributed by atoms with Crippen molar-refractivity contribution in [2.24, 2.45) is 0 Å². The highest BCUT2D eigenvalue weighted by atomic mass is 32.1. The van der Waals surface area contributed by atoms with Crippen molar-refractivity contribution < 1.29 is 0 Å². The summed E-state index contributed by atoms with van der Waals surface area (Å²) in [6.07, 6.45) is 9.29. The highest BCUT2D eigenvalue weighted by molar-refractivity contribution is 7.81. The van der Waals surface area contributed by atoms with Crippen molar-refractivity contribution in [2.45, 2.75) is 57.1 Å². The Morgan fingerprint density at radius 2 is 1.67 bits per heavy atom. The first-order chi connectivity index (χ1) is 5.81. The molecular formula is C10H22S2. The van der Waals surface area contributed by atoms with Crippen molar-refractivity contribution in [3.8, 4) is 0 Å². The fraction of sp³-hybridized carbons (Fsp3) is 1.00. The lowest BCUT2D eigenvalue weighted by Gasteiger charge is -2.07. The number of rotatable bonds is 8. The van der Waals surface area contributed by atoms with E-state index in [1.807, 2.05) is 0 Å². The van der Waals surface area contributed by atoms with Gasteiger partial charge in [0.25, 0.3) is 0 Å². The zero-order valence-electron chi connectivity index (χ0n) is 8.13. The van der Waals surface area contributed by atoms with Crippen molar-refractivity contribution >= 4 is 25.3 Å². The molecular weight excluding hydrogens is 184 g/mol. The van der Waals surface area contributed by atoms with Crippen LogP contribution in [0.3, 0.4) is 0 Å². The van der Waals surface area contributed by atoms with Gasteiger partial charge in [0.1, 0.15) is 0 Å². The van der Waals surface area contributed by atoms with Gasteiger partial charge in [-0.25, -0.2) is 0 Å². The Bertz CT molecular complexity index is 83.9. The van der Waals surface area contributed by atoms with E-state index in [0.717, 1.165) is 12.2 Å². The Labute approximate surface area is 88.3 Å². The van der Waals surface area contributed by atoms with Crippen molar-refractivity contribution in [2.75, 3.05) is 5.75 Å². The standard InChI is InChI=1S/C10H22S2/c1-2-3-4-5-6-7-10(12)8-9-11/h10-12H,2-9H2,1H3. The Morgan fingerprint density at radius 1 is 1.00 bits per heavy atom. The smallest absolute Gasteiger partial charge is 0.00245 e. The fourth-order valence-corrected chi connectivity index (χ4v) is 2.10. The molecule has 0 aliphatic carbocycles. The minimum atomic E-state index is 0.587. The van der Waals surface area contributed by atoms with Crippen molar-refractivity contribution in [3.63, 3.8) is 0 Å². The first-order valence-electron chi connectivity index (χ1n) is 5.10. The molecule has 0 spiro atoms. The van der Waals surface area contributed by atoms with Gasteiger partial charge in [0.15, 0.2) is 0 Å². The Hall–Kier alpha value is 0.700. The van der Waals surface area contributed by atoms with Crippen LogP contribution in [0.15, 0.2) is 0 Å². The monoisotopic (exact) mass is 206 g/mol. The van der Waals surface area contributed by atoms with Gasteiger partial charge in [-0.15, -0.1) is 0 Å². The minimum absolute atomic E-state index is 0.587. The van der Waals surface area contributed by atoms with E-state index < -0.39 is 0 Å². The highest BCUT2D eigenvalue weighted by Crippen LogP contribution is 2.13. The van der Waals surface area contributed by atoms with Gasteiger partial charge in [0, 0.05) is 5.25 Å². The summed E-state index contributed by atoms with van der Waals surface area (Å²) < 4.78 is 0. The lowest BCUT2D eigenvalue weighted by atomic mass is 10.1. The largest absolute Gasteiger partial charge is 0.179 e. The second-order valence-electron chi connectivity index (χ2n) is 3.37. The predicted molar refractivity (Wildman–Crippen MR) is 64.6 cm³/mol. The zero-order valence-corrected chi connectivity index (χ0v) is 9.92. The Kier molecular flexibility index (Phi) is 10.4. The molecule has 12 heavy (non-hydrogen) atoms. The van der Waals surface area contributed by atoms with Crippen LogP contribution in [0.2, 0.25) is 0 Å². The molecule has 0 aromatic heterocycles. The molecule has 0 N–H and O–H groups in total. The van der Waals surface area contributed by atoms with E-state index in [0.29, 0.717) is 5.25 Å². The van der Waals surface area contributed by atoms with E-state index in [1.165, 1.54) is 38.5 Å². The van der Waals surface area contributed by atoms with E-state index in [2.05, 4.69) is 32.2 Å². The normalized spacial score (nSPS) is 13.2. The van der Waals surface area contributed by atoms with E-state index >= 15 is 0 Å². The summed E-state index contributed by atoms with van der Waals surface area (Å²) in [6, 6.07) is 0. The number of hydrogen-bond donors (Lipinski definition) is 2. The Morgan fingerprint density at radius 3 is 2.25 bits per heavy atom. The van der Waals surface area contributed by atoms with Crippen molar-refractivity contribution in [1.82, 2.24) is 0 Å². The SMILES string of the molecule is CCCCCCCC(S)CCS. The van der Waals surface area contributed by atoms with E-state index in [4.69, 9.17) is 0 Å². The number of thiol groups is 2. The second-order valence-corrected chi connectivity index (χ2v) is 4.55. The van der Waals surface area contributed by atoms with Crippen LogP contribution in [0.4, 0.5) is 0 Å². The first-order valence-corrected chi connectivity index (χ1v) is 6.25. The fourth-order valence-electron chi connectivity index (χ4n) is 1.28. The van der Waals surface area contributed by atoms with Gasteiger partial charge in [0.05, 0.1) is 0 Å². The van der Waals surface area contributed by atoms with Crippen LogP contribution in [-0.2, 0) is 0 Å². The average Bonchev–Trinajstić information content (AvgIpc) is 2.05. The quantitative estimate of drug-likeness (QED) is 0.436. The lowest BCUT2D eigenvalue weighted by Crippen LogP contribution is -1.99. The summed E-state index contributed by atoms with van der Waals surface area (Å²) in [5.74, 6) is 0.975. The lowest BCUT2D eigenvalue weighted by molar-refractivity contribution is 0.594. The van der Waals surface area contributed by atoms with Gasteiger partial charge < -0.3 is 0 Å². The molecule has 0 fully saturated rings. The summed E-state index contributed by atoms with van der Waals surface area (Å²) in [5, 5.41) is 0.587. The molecule has 1 atom stereocenters. The molecule has 0 aliphatic rings. The van der Waals surface area contributed by atoms with Gasteiger partial charge >= 0.3 is 0 Å². The molecule has 0 nitrogen and oxygen atoms in total. The first kappa shape index (κ1) is 12.7. The molecule has 0 aliphatic heterocycles. The third-order valence-electron chi connectivity index (χ3n) is 2.10. The summed E-state index contributed by atoms with van der Waals surface area (Å²) >= 11 is 8.68. The maximum atomic E-state index is 4.49. The summed E-state index contributed by atoms with van der Waals surface area (Å²) in [6.45, 7) is 2.25. The minimum Gasteiger partial charge on any atom is -0.179 e. The topological polar surface area (TPSA) is 0 Å². The Balaban J connectivity index is 2.97. The molecule has 0 aromatic rings. The van der Waals surface area contributed by atoms with E-state index in [-0.39, 0.29) is 0 Å². The van der Waals surface area contributed by atoms with E-state index in [9.17, 15) is 0 Å². The van der Waals surface area contributed by atoms with Crippen LogP contribution in [-0.4, -0.2) is 11.0 Å². The highest BCUT2D eigenvalue weighted by Gasteiger charge is 2.00. The van der Waals surface area contributed by atoms with Crippen LogP contribution < -0.4 is 0 Å². The number of unbranched alkanes of at least 4 members (excludes halogenated alkanes) is 4. The molecule has 74 valence electrons. The van der Waals surface area contributed by atoms with Crippen LogP contribution in [0, 0.1) is 0 Å². The van der Waals surface area contributed by atoms with Crippen molar-refractivity contribution in [1.29, 1.82) is 0 Å². The molecule has 0 bridgehead atoms. The maximum absolute atomic E-state index is 4.49. The third-order valence-corrected chi connectivity index (χ3v) is 2.88. The molecule has 2 heteroatoms. The molecule has 0 aromatic carbocycles. The molecule has 0 saturated heterocycles. The van der Waals surface area contributed by atoms with Gasteiger partial charge in [-0.05, 0) is 18.6 Å². The zero-order chi connectivity index (χ0) is 9.23. The number of hydrogen-bond acceptors (Lipinski definition) is 2. The molecule has 1 unspecified atom stereocenters. The third kappa shape index (κ3) is 8.79. The van der Waals surface area contributed by atoms with Crippen LogP contribution in [0.1, 0.15) is 51.9 Å². The molecule has 0 radical (unpaired) electrons. The van der Waals surface area contributed by atoms with Gasteiger partial charge in [-0.2, -0.15) is 25.3 Å². The summed E-state index contributed by atoms with van der Waals surface area (Å²) in [7, 11) is 0. The van der Waals surface area contributed by atoms with Gasteiger partial charge in [-0.3, -0.25) is 0 Å². The molecule has 0 amide bonds. The summed E-state index contributed by atoms with van der Waals surface area (Å²) in [5.41, 5.74) is 0. The van der Waals surface area contributed by atoms with Gasteiger partial charge in [0.2, 0.25) is 0 Å².